The molecule has 124 valence electrons. The molecule has 0 fully saturated rings. The van der Waals surface area contributed by atoms with Crippen LogP contribution in [-0.2, 0) is 16.1 Å². The van der Waals surface area contributed by atoms with Gasteiger partial charge in [0.2, 0.25) is 0 Å². The molecular formula is C18H18N2O4. The first-order valence-corrected chi connectivity index (χ1v) is 7.35. The molecule has 0 radical (unpaired) electrons. The molecule has 0 unspecified atom stereocenters. The molecule has 0 atom stereocenters. The van der Waals surface area contributed by atoms with Gasteiger partial charge in [0.05, 0.1) is 7.11 Å². The van der Waals surface area contributed by atoms with Gasteiger partial charge in [0.25, 0.3) is 0 Å². The third-order valence-electron chi connectivity index (χ3n) is 3.09. The van der Waals surface area contributed by atoms with E-state index in [4.69, 9.17) is 4.74 Å². The smallest absolute Gasteiger partial charge is 0.407 e. The van der Waals surface area contributed by atoms with Crippen LogP contribution < -0.4 is 5.32 Å². The number of aromatic nitrogens is 1. The second-order valence-corrected chi connectivity index (χ2v) is 4.78. The fourth-order valence-corrected chi connectivity index (χ4v) is 1.92. The van der Waals surface area contributed by atoms with E-state index in [1.54, 1.807) is 24.3 Å². The summed E-state index contributed by atoms with van der Waals surface area (Å²) in [5, 5.41) is 2.60. The van der Waals surface area contributed by atoms with E-state index >= 15 is 0 Å². The van der Waals surface area contributed by atoms with Crippen LogP contribution in [0.2, 0.25) is 0 Å². The molecule has 1 heterocycles. The van der Waals surface area contributed by atoms with E-state index in [0.29, 0.717) is 5.56 Å². The van der Waals surface area contributed by atoms with Crippen LogP contribution in [0.5, 0.6) is 0 Å². The lowest BCUT2D eigenvalue weighted by molar-refractivity contribution is 0.0593. The maximum absolute atomic E-state index is 11.6. The van der Waals surface area contributed by atoms with E-state index in [9.17, 15) is 9.59 Å². The molecule has 1 amide bonds. The number of ether oxygens (including phenoxy) is 2. The van der Waals surface area contributed by atoms with E-state index in [1.165, 1.54) is 13.3 Å². The van der Waals surface area contributed by atoms with Crippen molar-refractivity contribution in [3.8, 4) is 0 Å². The minimum Gasteiger partial charge on any atom is -0.464 e. The van der Waals surface area contributed by atoms with Crippen LogP contribution in [0.4, 0.5) is 4.79 Å². The van der Waals surface area contributed by atoms with Gasteiger partial charge in [0.15, 0.2) is 5.69 Å². The fraction of sp³-hybridized carbons (Fsp3) is 0.167. The Morgan fingerprint density at radius 3 is 2.71 bits per heavy atom. The maximum atomic E-state index is 11.6. The molecule has 0 aliphatic heterocycles. The zero-order valence-electron chi connectivity index (χ0n) is 13.3. The molecular weight excluding hydrogens is 308 g/mol. The Morgan fingerprint density at radius 2 is 1.96 bits per heavy atom. The largest absolute Gasteiger partial charge is 0.464 e. The summed E-state index contributed by atoms with van der Waals surface area (Å²) in [7, 11) is 1.30. The van der Waals surface area contributed by atoms with Crippen LogP contribution in [-0.4, -0.2) is 30.7 Å². The molecule has 0 bridgehead atoms. The van der Waals surface area contributed by atoms with Crippen molar-refractivity contribution in [3.05, 3.63) is 71.6 Å². The van der Waals surface area contributed by atoms with E-state index in [0.717, 1.165) is 5.56 Å². The number of carbonyl (C=O) groups is 2. The monoisotopic (exact) mass is 326 g/mol. The minimum absolute atomic E-state index is 0.214. The molecule has 2 rings (SSSR count). The van der Waals surface area contributed by atoms with Crippen LogP contribution in [0.3, 0.4) is 0 Å². The predicted octanol–water partition coefficient (Wildman–Crippen LogP) is 2.81. The quantitative estimate of drug-likeness (QED) is 0.826. The highest BCUT2D eigenvalue weighted by Gasteiger charge is 2.10. The number of alkyl carbamates (subject to hydrolysis) is 1. The number of methoxy groups -OCH3 is 1. The second kappa shape index (κ2) is 9.09. The molecule has 6 heteroatoms. The molecule has 2 aromatic rings. The molecule has 0 spiro atoms. The zero-order valence-corrected chi connectivity index (χ0v) is 13.3. The van der Waals surface area contributed by atoms with Crippen molar-refractivity contribution in [1.82, 2.24) is 10.3 Å². The number of hydrogen-bond donors (Lipinski definition) is 1. The number of benzene rings is 1. The fourth-order valence-electron chi connectivity index (χ4n) is 1.92. The topological polar surface area (TPSA) is 77.5 Å². The van der Waals surface area contributed by atoms with E-state index in [-0.39, 0.29) is 18.8 Å². The normalized spacial score (nSPS) is 10.4. The summed E-state index contributed by atoms with van der Waals surface area (Å²) in [6.45, 7) is 0.481. The number of carbonyl (C=O) groups excluding carboxylic acids is 2. The second-order valence-electron chi connectivity index (χ2n) is 4.78. The van der Waals surface area contributed by atoms with Gasteiger partial charge in [-0.05, 0) is 11.6 Å². The van der Waals surface area contributed by atoms with Crippen molar-refractivity contribution in [2.45, 2.75) is 6.61 Å². The van der Waals surface area contributed by atoms with Crippen LogP contribution in [0.1, 0.15) is 21.6 Å². The lowest BCUT2D eigenvalue weighted by Gasteiger charge is -2.05. The van der Waals surface area contributed by atoms with Gasteiger partial charge in [0.1, 0.15) is 6.61 Å². The Morgan fingerprint density at radius 1 is 1.17 bits per heavy atom. The van der Waals surface area contributed by atoms with Gasteiger partial charge >= 0.3 is 12.1 Å². The Bertz CT molecular complexity index is 714. The van der Waals surface area contributed by atoms with Gasteiger partial charge in [-0.2, -0.15) is 0 Å². The van der Waals surface area contributed by atoms with Gasteiger partial charge < -0.3 is 14.8 Å². The van der Waals surface area contributed by atoms with Crippen LogP contribution >= 0.6 is 0 Å². The average molecular weight is 326 g/mol. The first kappa shape index (κ1) is 17.2. The van der Waals surface area contributed by atoms with Gasteiger partial charge in [-0.25, -0.2) is 14.6 Å². The highest BCUT2D eigenvalue weighted by atomic mass is 16.5. The Hall–Kier alpha value is -3.15. The highest BCUT2D eigenvalue weighted by molar-refractivity contribution is 5.91. The van der Waals surface area contributed by atoms with E-state index in [1.807, 2.05) is 30.3 Å². The number of rotatable bonds is 6. The molecule has 0 saturated carbocycles. The predicted molar refractivity (Wildman–Crippen MR) is 89.2 cm³/mol. The van der Waals surface area contributed by atoms with Crippen molar-refractivity contribution in [3.63, 3.8) is 0 Å². The Balaban J connectivity index is 1.80. The number of nitrogens with zero attached hydrogens (tertiary/aromatic N) is 1. The van der Waals surface area contributed by atoms with Crippen molar-refractivity contribution >= 4 is 18.1 Å². The number of amides is 1. The van der Waals surface area contributed by atoms with Gasteiger partial charge in [-0.3, -0.25) is 0 Å². The highest BCUT2D eigenvalue weighted by Crippen LogP contribution is 2.08. The van der Waals surface area contributed by atoms with Crippen molar-refractivity contribution < 1.29 is 19.1 Å². The number of hydrogen-bond acceptors (Lipinski definition) is 5. The SMILES string of the molecule is COC(=O)c1ncccc1C=CCNC(=O)OCc1ccccc1. The zero-order chi connectivity index (χ0) is 17.2. The Labute approximate surface area is 140 Å². The minimum atomic E-state index is -0.511. The van der Waals surface area contributed by atoms with Crippen LogP contribution in [0.15, 0.2) is 54.7 Å². The van der Waals surface area contributed by atoms with Gasteiger partial charge in [0, 0.05) is 18.3 Å². The van der Waals surface area contributed by atoms with E-state index in [2.05, 4.69) is 15.0 Å². The molecule has 1 N–H and O–H groups in total. The van der Waals surface area contributed by atoms with Gasteiger partial charge in [-0.1, -0.05) is 48.6 Å². The summed E-state index contributed by atoms with van der Waals surface area (Å²) in [6.07, 6.45) is 4.40. The molecule has 0 aliphatic rings. The van der Waals surface area contributed by atoms with Crippen molar-refractivity contribution in [2.75, 3.05) is 13.7 Å². The summed E-state index contributed by atoms with van der Waals surface area (Å²) in [6, 6.07) is 12.9. The molecule has 24 heavy (non-hydrogen) atoms. The summed E-state index contributed by atoms with van der Waals surface area (Å²) in [5.41, 5.74) is 1.76. The molecule has 1 aromatic carbocycles. The molecule has 0 aliphatic carbocycles. The first-order valence-electron chi connectivity index (χ1n) is 7.35. The van der Waals surface area contributed by atoms with Crippen LogP contribution in [0, 0.1) is 0 Å². The number of nitrogens with one attached hydrogen (secondary N) is 1. The lowest BCUT2D eigenvalue weighted by atomic mass is 10.2. The summed E-state index contributed by atoms with van der Waals surface area (Å²) in [5.74, 6) is -0.509. The third-order valence-corrected chi connectivity index (χ3v) is 3.09. The summed E-state index contributed by atoms with van der Waals surface area (Å²) < 4.78 is 9.76. The average Bonchev–Trinajstić information content (AvgIpc) is 2.64. The van der Waals surface area contributed by atoms with Crippen molar-refractivity contribution in [1.29, 1.82) is 0 Å². The lowest BCUT2D eigenvalue weighted by Crippen LogP contribution is -2.24. The van der Waals surface area contributed by atoms with Crippen LogP contribution in [0.25, 0.3) is 6.08 Å². The van der Waals surface area contributed by atoms with Crippen molar-refractivity contribution in [2.24, 2.45) is 0 Å². The van der Waals surface area contributed by atoms with E-state index < -0.39 is 12.1 Å². The molecule has 6 nitrogen and oxygen atoms in total. The standard InChI is InChI=1S/C18H18N2O4/c1-23-17(21)16-15(9-5-11-19-16)10-6-12-20-18(22)24-13-14-7-3-2-4-8-14/h2-11H,12-13H2,1H3,(H,20,22). The maximum Gasteiger partial charge on any atom is 0.407 e. The summed E-state index contributed by atoms with van der Waals surface area (Å²) >= 11 is 0. The molecule has 0 saturated heterocycles. The third kappa shape index (κ3) is 5.24. The number of esters is 1. The Kier molecular flexibility index (Phi) is 6.52. The first-order chi connectivity index (χ1) is 11.7. The molecule has 1 aromatic heterocycles. The van der Waals surface area contributed by atoms with Gasteiger partial charge in [-0.15, -0.1) is 0 Å². The summed E-state index contributed by atoms with van der Waals surface area (Å²) in [4.78, 5) is 27.2. The number of pyridine rings is 1.